The van der Waals surface area contributed by atoms with Crippen molar-refractivity contribution in [1.82, 2.24) is 0 Å². The summed E-state index contributed by atoms with van der Waals surface area (Å²) in [4.78, 5) is 37.2. The van der Waals surface area contributed by atoms with Gasteiger partial charge in [-0.3, -0.25) is 0 Å². The summed E-state index contributed by atoms with van der Waals surface area (Å²) >= 11 is 14.6. The maximum atomic E-state index is 9.29. The molecule has 0 fully saturated rings. The molecule has 0 atom stereocenters. The van der Waals surface area contributed by atoms with Gasteiger partial charge < -0.3 is 60.6 Å². The van der Waals surface area contributed by atoms with Crippen LogP contribution in [0.1, 0.15) is 5.56 Å². The molecular weight excluding hydrogens is 574 g/mol. The summed E-state index contributed by atoms with van der Waals surface area (Å²) in [5.41, 5.74) is -6.52. The van der Waals surface area contributed by atoms with Crippen molar-refractivity contribution in [3.63, 3.8) is 0 Å². The van der Waals surface area contributed by atoms with Crippen molar-refractivity contribution >= 4 is 59.5 Å². The molecule has 1 rings (SSSR count). The number of hydrogen-bond donors (Lipinski definition) is 1. The van der Waals surface area contributed by atoms with Crippen molar-refractivity contribution in [1.29, 1.82) is 0 Å². The second-order valence-corrected chi connectivity index (χ2v) is 12.0. The van der Waals surface area contributed by atoms with E-state index in [1.54, 1.807) is 12.1 Å². The van der Waals surface area contributed by atoms with E-state index < -0.39 is 11.4 Å². The van der Waals surface area contributed by atoms with Gasteiger partial charge in [-0.05, 0) is 18.1 Å². The molecule has 1 N–H and O–H groups in total. The van der Waals surface area contributed by atoms with Gasteiger partial charge in [-0.15, -0.1) is 6.58 Å². The molecule has 0 aliphatic heterocycles. The molecule has 0 heterocycles. The molecule has 0 spiro atoms. The Hall–Kier alpha value is 2.47. The van der Waals surface area contributed by atoms with E-state index in [1.165, 1.54) is 0 Å². The van der Waals surface area contributed by atoms with Crippen LogP contribution in [-0.4, -0.2) is 5.11 Å². The molecule has 0 aromatic heterocycles. The second-order valence-electron chi connectivity index (χ2n) is 3.02. The average Bonchev–Trinajstić information content (AvgIpc) is 2.16. The van der Waals surface area contributed by atoms with E-state index in [-0.39, 0.29) is 58.4 Å². The number of rotatable bonds is 2. The van der Waals surface area contributed by atoms with Crippen LogP contribution in [0.4, 0.5) is 0 Å². The molecular formula is C9H10O5P2S4Zn3. The fourth-order valence-corrected chi connectivity index (χ4v) is 0.839. The second kappa shape index (κ2) is 19.2. The van der Waals surface area contributed by atoms with Crippen LogP contribution in [0.2, 0.25) is 0 Å². The molecule has 0 unspecified atom stereocenters. The molecule has 0 bridgehead atoms. The number of para-hydroxylation sites is 1. The Morgan fingerprint density at radius 2 is 1.30 bits per heavy atom. The molecule has 0 saturated carbocycles. The molecule has 1 aromatic carbocycles. The Bertz CT molecular complexity index is 475. The Morgan fingerprint density at radius 1 is 1.00 bits per heavy atom. The van der Waals surface area contributed by atoms with E-state index in [1.807, 2.05) is 18.2 Å². The fraction of sp³-hybridized carbons (Fsp3) is 0.111. The first-order valence-corrected chi connectivity index (χ1v) is 12.0. The number of hydrogen-bond acceptors (Lipinski definition) is 9. The zero-order chi connectivity index (χ0) is 16.4. The minimum Gasteiger partial charge on any atom is -0.850 e. The van der Waals surface area contributed by atoms with Gasteiger partial charge in [-0.25, -0.2) is 0 Å². The van der Waals surface area contributed by atoms with E-state index in [2.05, 4.69) is 54.7 Å². The van der Waals surface area contributed by atoms with Crippen LogP contribution in [0.25, 0.3) is 0 Å². The first kappa shape index (κ1) is 36.4. The molecule has 23 heavy (non-hydrogen) atoms. The SMILES string of the molecule is C=CCc1ccccc1O.[O-]P([O-])(=S)[S-].[O-]P([O-])(=S)[S-].[Zn+2].[Zn+2].[Zn+2]. The third-order valence-corrected chi connectivity index (χ3v) is 1.36. The summed E-state index contributed by atoms with van der Waals surface area (Å²) in [5, 5.41) is 9.19. The average molecular weight is 585 g/mol. The number of allylic oxidation sites excluding steroid dienone is 1. The van der Waals surface area contributed by atoms with Crippen LogP contribution in [0, 0.1) is 0 Å². The number of benzene rings is 1. The summed E-state index contributed by atoms with van der Waals surface area (Å²) in [5.74, 6) is 0.349. The van der Waals surface area contributed by atoms with E-state index >= 15 is 0 Å². The Morgan fingerprint density at radius 3 is 1.57 bits per heavy atom. The molecule has 0 aliphatic carbocycles. The van der Waals surface area contributed by atoms with Crippen molar-refractivity contribution in [2.75, 3.05) is 0 Å². The Labute approximate surface area is 195 Å². The minimum absolute atomic E-state index is 0. The fourth-order valence-electron chi connectivity index (χ4n) is 0.839. The normalized spacial score (nSPS) is 9.13. The molecule has 0 radical (unpaired) electrons. The van der Waals surface area contributed by atoms with Gasteiger partial charge in [0, 0.05) is 0 Å². The van der Waals surface area contributed by atoms with Gasteiger partial charge >= 0.3 is 58.4 Å². The van der Waals surface area contributed by atoms with Gasteiger partial charge in [0.15, 0.2) is 0 Å². The first-order valence-electron chi connectivity index (χ1n) is 4.68. The predicted octanol–water partition coefficient (Wildman–Crippen LogP) is -0.930. The van der Waals surface area contributed by atoms with Crippen LogP contribution in [0.3, 0.4) is 0 Å². The van der Waals surface area contributed by atoms with Crippen LogP contribution in [-0.2, 0) is 113 Å². The van der Waals surface area contributed by atoms with Crippen molar-refractivity contribution in [2.24, 2.45) is 0 Å². The molecule has 1 aromatic rings. The molecule has 116 valence electrons. The number of phenolic OH excluding ortho intramolecular Hbond substituents is 1. The van der Waals surface area contributed by atoms with Crippen LogP contribution in [0.15, 0.2) is 36.9 Å². The zero-order valence-corrected chi connectivity index (χ0v) is 26.0. The molecule has 0 saturated heterocycles. The summed E-state index contributed by atoms with van der Waals surface area (Å²) in [6.45, 7) is 3.59. The zero-order valence-electron chi connectivity index (χ0n) is 12.0. The quantitative estimate of drug-likeness (QED) is 0.204. The van der Waals surface area contributed by atoms with Crippen LogP contribution >= 0.6 is 11.4 Å². The summed E-state index contributed by atoms with van der Waals surface area (Å²) in [7, 11) is 0. The van der Waals surface area contributed by atoms with E-state index in [0.717, 1.165) is 12.0 Å². The Kier molecular flexibility index (Phi) is 30.4. The number of aromatic hydroxyl groups is 1. The third kappa shape index (κ3) is 45.5. The van der Waals surface area contributed by atoms with Crippen LogP contribution < -0.4 is 19.6 Å². The molecule has 0 aliphatic rings. The van der Waals surface area contributed by atoms with Gasteiger partial charge in [-0.2, -0.15) is 23.6 Å². The van der Waals surface area contributed by atoms with Gasteiger partial charge in [0.25, 0.3) is 0 Å². The van der Waals surface area contributed by atoms with Gasteiger partial charge in [0.1, 0.15) is 5.75 Å². The van der Waals surface area contributed by atoms with Crippen molar-refractivity contribution in [2.45, 2.75) is 6.42 Å². The smallest absolute Gasteiger partial charge is 0.850 e. The van der Waals surface area contributed by atoms with Crippen LogP contribution in [0.5, 0.6) is 5.75 Å². The van der Waals surface area contributed by atoms with Crippen molar-refractivity contribution in [3.05, 3.63) is 42.5 Å². The standard InChI is InChI=1S/C9H10O.2H3O2PS2.3Zn/c1-2-5-8-6-3-4-7-9(8)10;2*1-3(2,4)5;;;/h2-4,6-7,10H,1,5H2;2*(H3,1,2,4,5);;;/q;;;3*+2/p-6. The first-order chi connectivity index (χ1) is 8.84. The largest absolute Gasteiger partial charge is 2.00 e. The van der Waals surface area contributed by atoms with Crippen molar-refractivity contribution in [3.8, 4) is 5.75 Å². The summed E-state index contributed by atoms with van der Waals surface area (Å²) < 4.78 is 0. The van der Waals surface area contributed by atoms with Crippen molar-refractivity contribution < 1.29 is 83.1 Å². The van der Waals surface area contributed by atoms with Gasteiger partial charge in [0.2, 0.25) is 0 Å². The minimum atomic E-state index is -3.72. The maximum absolute atomic E-state index is 9.29. The van der Waals surface area contributed by atoms with E-state index in [0.29, 0.717) is 5.75 Å². The molecule has 14 heteroatoms. The monoisotopic (exact) mass is 580 g/mol. The number of phenols is 1. The summed E-state index contributed by atoms with van der Waals surface area (Å²) in [6, 6.07) is 7.27. The van der Waals surface area contributed by atoms with E-state index in [4.69, 9.17) is 0 Å². The Balaban J connectivity index is -0.0000000728. The van der Waals surface area contributed by atoms with E-state index in [9.17, 15) is 24.7 Å². The molecule has 5 nitrogen and oxygen atoms in total. The van der Waals surface area contributed by atoms with Gasteiger partial charge in [-0.1, -0.05) is 24.3 Å². The topological polar surface area (TPSA) is 112 Å². The maximum Gasteiger partial charge on any atom is 2.00 e. The predicted molar refractivity (Wildman–Crippen MR) is 85.3 cm³/mol. The van der Waals surface area contributed by atoms with Gasteiger partial charge in [0.05, 0.1) is 0 Å². The molecule has 0 amide bonds. The third-order valence-electron chi connectivity index (χ3n) is 1.36. The summed E-state index contributed by atoms with van der Waals surface area (Å²) in [6.07, 6.45) is 2.50.